The highest BCUT2D eigenvalue weighted by Crippen LogP contribution is 2.19. The van der Waals surface area contributed by atoms with Crippen molar-refractivity contribution in [3.63, 3.8) is 0 Å². The summed E-state index contributed by atoms with van der Waals surface area (Å²) in [6, 6.07) is 14.5. The first-order chi connectivity index (χ1) is 12.1. The Balaban J connectivity index is 1.51. The van der Waals surface area contributed by atoms with E-state index in [1.54, 1.807) is 24.3 Å². The first kappa shape index (κ1) is 17.0. The van der Waals surface area contributed by atoms with E-state index in [0.29, 0.717) is 35.4 Å². The quantitative estimate of drug-likeness (QED) is 0.722. The SMILES string of the molecule is Cc1ccccc1-c1noc(CCNC(=O)Nc2cccc(Cl)c2)n1. The van der Waals surface area contributed by atoms with Gasteiger partial charge in [0, 0.05) is 29.2 Å². The highest BCUT2D eigenvalue weighted by molar-refractivity contribution is 6.30. The van der Waals surface area contributed by atoms with Crippen molar-refractivity contribution in [2.45, 2.75) is 13.3 Å². The fraction of sp³-hybridized carbons (Fsp3) is 0.167. The van der Waals surface area contributed by atoms with Crippen LogP contribution in [0.25, 0.3) is 11.4 Å². The third kappa shape index (κ3) is 4.58. The van der Waals surface area contributed by atoms with Gasteiger partial charge in [-0.05, 0) is 30.7 Å². The molecular formula is C18H17ClN4O2. The van der Waals surface area contributed by atoms with Crippen molar-refractivity contribution >= 4 is 23.3 Å². The molecule has 0 unspecified atom stereocenters. The predicted octanol–water partition coefficient (Wildman–Crippen LogP) is 4.06. The van der Waals surface area contributed by atoms with Gasteiger partial charge in [0.25, 0.3) is 0 Å². The average Bonchev–Trinajstić information content (AvgIpc) is 3.04. The second-order valence-electron chi connectivity index (χ2n) is 5.47. The maximum absolute atomic E-state index is 11.9. The molecule has 2 aromatic carbocycles. The van der Waals surface area contributed by atoms with Crippen LogP contribution in [0.5, 0.6) is 0 Å². The Morgan fingerprint density at radius 2 is 2.04 bits per heavy atom. The Bertz CT molecular complexity index is 879. The molecular weight excluding hydrogens is 340 g/mol. The van der Waals surface area contributed by atoms with E-state index in [4.69, 9.17) is 16.1 Å². The highest BCUT2D eigenvalue weighted by Gasteiger charge is 2.10. The molecule has 0 aliphatic heterocycles. The molecule has 2 amide bonds. The van der Waals surface area contributed by atoms with Gasteiger partial charge in [0.1, 0.15) is 0 Å². The van der Waals surface area contributed by atoms with Gasteiger partial charge in [-0.1, -0.05) is 47.1 Å². The zero-order valence-electron chi connectivity index (χ0n) is 13.6. The van der Waals surface area contributed by atoms with E-state index in [9.17, 15) is 4.79 Å². The molecule has 0 aliphatic carbocycles. The molecule has 0 saturated carbocycles. The van der Waals surface area contributed by atoms with E-state index in [1.165, 1.54) is 0 Å². The van der Waals surface area contributed by atoms with Crippen molar-refractivity contribution in [3.05, 3.63) is 65.0 Å². The van der Waals surface area contributed by atoms with Crippen LogP contribution in [-0.4, -0.2) is 22.7 Å². The van der Waals surface area contributed by atoms with Crippen LogP contribution in [0.4, 0.5) is 10.5 Å². The number of carbonyl (C=O) groups is 1. The third-order valence-corrected chi connectivity index (χ3v) is 3.80. The third-order valence-electron chi connectivity index (χ3n) is 3.56. The second-order valence-corrected chi connectivity index (χ2v) is 5.90. The van der Waals surface area contributed by atoms with Gasteiger partial charge in [-0.15, -0.1) is 0 Å². The normalized spacial score (nSPS) is 10.5. The van der Waals surface area contributed by atoms with Gasteiger partial charge in [-0.2, -0.15) is 4.98 Å². The summed E-state index contributed by atoms with van der Waals surface area (Å²) in [7, 11) is 0. The molecule has 0 saturated heterocycles. The number of nitrogens with one attached hydrogen (secondary N) is 2. The van der Waals surface area contributed by atoms with E-state index < -0.39 is 0 Å². The fourth-order valence-electron chi connectivity index (χ4n) is 2.31. The van der Waals surface area contributed by atoms with E-state index in [2.05, 4.69) is 20.8 Å². The van der Waals surface area contributed by atoms with E-state index >= 15 is 0 Å². The van der Waals surface area contributed by atoms with Gasteiger partial charge >= 0.3 is 6.03 Å². The van der Waals surface area contributed by atoms with Crippen molar-refractivity contribution in [2.75, 3.05) is 11.9 Å². The lowest BCUT2D eigenvalue weighted by molar-refractivity contribution is 0.252. The van der Waals surface area contributed by atoms with Gasteiger partial charge in [0.2, 0.25) is 11.7 Å². The van der Waals surface area contributed by atoms with Crippen LogP contribution < -0.4 is 10.6 Å². The summed E-state index contributed by atoms with van der Waals surface area (Å²) < 4.78 is 5.24. The summed E-state index contributed by atoms with van der Waals surface area (Å²) in [5, 5.41) is 10.0. The van der Waals surface area contributed by atoms with Crippen molar-refractivity contribution in [3.8, 4) is 11.4 Å². The van der Waals surface area contributed by atoms with Crippen LogP contribution in [0.15, 0.2) is 53.1 Å². The predicted molar refractivity (Wildman–Crippen MR) is 96.6 cm³/mol. The average molecular weight is 357 g/mol. The monoisotopic (exact) mass is 356 g/mol. The van der Waals surface area contributed by atoms with E-state index in [1.807, 2.05) is 31.2 Å². The lowest BCUT2D eigenvalue weighted by Gasteiger charge is -2.06. The molecule has 7 heteroatoms. The summed E-state index contributed by atoms with van der Waals surface area (Å²) in [5.41, 5.74) is 2.64. The summed E-state index contributed by atoms with van der Waals surface area (Å²) in [6.07, 6.45) is 0.446. The molecule has 1 heterocycles. The Morgan fingerprint density at radius 3 is 2.84 bits per heavy atom. The van der Waals surface area contributed by atoms with Crippen molar-refractivity contribution in [1.82, 2.24) is 15.5 Å². The molecule has 3 rings (SSSR count). The minimum Gasteiger partial charge on any atom is -0.339 e. The van der Waals surface area contributed by atoms with Gasteiger partial charge < -0.3 is 15.2 Å². The molecule has 2 N–H and O–H groups in total. The molecule has 128 valence electrons. The standard InChI is InChI=1S/C18H17ClN4O2/c1-12-5-2-3-8-15(12)17-22-16(25-23-17)9-10-20-18(24)21-14-7-4-6-13(19)11-14/h2-8,11H,9-10H2,1H3,(H2,20,21,24). The van der Waals surface area contributed by atoms with E-state index in [0.717, 1.165) is 11.1 Å². The molecule has 3 aromatic rings. The number of urea groups is 1. The summed E-state index contributed by atoms with van der Waals surface area (Å²) in [5.74, 6) is 1.03. The minimum absolute atomic E-state index is 0.319. The van der Waals surface area contributed by atoms with Crippen LogP contribution in [0.3, 0.4) is 0 Å². The van der Waals surface area contributed by atoms with E-state index in [-0.39, 0.29) is 6.03 Å². The largest absolute Gasteiger partial charge is 0.339 e. The summed E-state index contributed by atoms with van der Waals surface area (Å²) >= 11 is 5.88. The first-order valence-corrected chi connectivity index (χ1v) is 8.18. The molecule has 0 fully saturated rings. The maximum Gasteiger partial charge on any atom is 0.319 e. The molecule has 0 spiro atoms. The Hall–Kier alpha value is -2.86. The molecule has 0 aliphatic rings. The van der Waals surface area contributed by atoms with Gasteiger partial charge in [0.15, 0.2) is 0 Å². The fourth-order valence-corrected chi connectivity index (χ4v) is 2.50. The topological polar surface area (TPSA) is 80.0 Å². The van der Waals surface area contributed by atoms with Crippen molar-refractivity contribution < 1.29 is 9.32 Å². The summed E-state index contributed by atoms with van der Waals surface area (Å²) in [4.78, 5) is 16.2. The Labute approximate surface area is 150 Å². The molecule has 6 nitrogen and oxygen atoms in total. The number of anilines is 1. The van der Waals surface area contributed by atoms with Crippen LogP contribution in [0.2, 0.25) is 5.02 Å². The first-order valence-electron chi connectivity index (χ1n) is 7.81. The number of aryl methyl sites for hydroxylation is 1. The molecule has 25 heavy (non-hydrogen) atoms. The van der Waals surface area contributed by atoms with Gasteiger partial charge in [0.05, 0.1) is 0 Å². The maximum atomic E-state index is 11.9. The molecule has 1 aromatic heterocycles. The minimum atomic E-state index is -0.319. The second kappa shape index (κ2) is 7.81. The Morgan fingerprint density at radius 1 is 1.20 bits per heavy atom. The number of rotatable bonds is 5. The smallest absolute Gasteiger partial charge is 0.319 e. The number of nitrogens with zero attached hydrogens (tertiary/aromatic N) is 2. The van der Waals surface area contributed by atoms with Gasteiger partial charge in [-0.3, -0.25) is 0 Å². The van der Waals surface area contributed by atoms with Crippen LogP contribution in [0.1, 0.15) is 11.5 Å². The number of halogens is 1. The zero-order valence-corrected chi connectivity index (χ0v) is 14.4. The van der Waals surface area contributed by atoms with Crippen molar-refractivity contribution in [2.24, 2.45) is 0 Å². The molecule has 0 bridgehead atoms. The number of amides is 2. The highest BCUT2D eigenvalue weighted by atomic mass is 35.5. The number of aromatic nitrogens is 2. The van der Waals surface area contributed by atoms with Crippen molar-refractivity contribution in [1.29, 1.82) is 0 Å². The lowest BCUT2D eigenvalue weighted by Crippen LogP contribution is -2.30. The van der Waals surface area contributed by atoms with Crippen LogP contribution in [0, 0.1) is 6.92 Å². The number of benzene rings is 2. The van der Waals surface area contributed by atoms with Gasteiger partial charge in [-0.25, -0.2) is 4.79 Å². The lowest BCUT2D eigenvalue weighted by atomic mass is 10.1. The summed E-state index contributed by atoms with van der Waals surface area (Å²) in [6.45, 7) is 2.37. The van der Waals surface area contributed by atoms with Crippen LogP contribution >= 0.6 is 11.6 Å². The zero-order chi connectivity index (χ0) is 17.6. The molecule has 0 radical (unpaired) electrons. The number of hydrogen-bond donors (Lipinski definition) is 2. The Kier molecular flexibility index (Phi) is 5.30. The molecule has 0 atom stereocenters. The number of hydrogen-bond acceptors (Lipinski definition) is 4. The van der Waals surface area contributed by atoms with Crippen LogP contribution in [-0.2, 0) is 6.42 Å². The number of carbonyl (C=O) groups excluding carboxylic acids is 1.